The highest BCUT2D eigenvalue weighted by molar-refractivity contribution is 5.80. The fourth-order valence-corrected chi connectivity index (χ4v) is 3.80. The molecule has 19 heavy (non-hydrogen) atoms. The Labute approximate surface area is 115 Å². The topological polar surface area (TPSA) is 53.6 Å². The smallest absolute Gasteiger partial charge is 0.227 e. The molecule has 0 saturated carbocycles. The van der Waals surface area contributed by atoms with Crippen molar-refractivity contribution in [3.8, 4) is 0 Å². The Morgan fingerprint density at radius 3 is 2.89 bits per heavy atom. The van der Waals surface area contributed by atoms with Gasteiger partial charge in [0.2, 0.25) is 5.91 Å². The van der Waals surface area contributed by atoms with Gasteiger partial charge in [-0.05, 0) is 32.9 Å². The van der Waals surface area contributed by atoms with Gasteiger partial charge in [0.05, 0.1) is 19.1 Å². The summed E-state index contributed by atoms with van der Waals surface area (Å²) in [6.07, 6.45) is 4.96. The second kappa shape index (κ2) is 5.77. The third-order valence-corrected chi connectivity index (χ3v) is 4.97. The molecule has 3 aliphatic heterocycles. The molecule has 3 rings (SSSR count). The fraction of sp³-hybridized carbons (Fsp3) is 0.929. The number of likely N-dealkylation sites (N-methyl/N-ethyl adjacent to an activating group) is 1. The molecule has 0 aromatic heterocycles. The highest BCUT2D eigenvalue weighted by atomic mass is 16.5. The van der Waals surface area contributed by atoms with Gasteiger partial charge in [-0.1, -0.05) is 6.42 Å². The van der Waals surface area contributed by atoms with Crippen molar-refractivity contribution in [1.82, 2.24) is 15.5 Å². The van der Waals surface area contributed by atoms with Crippen LogP contribution in [0.5, 0.6) is 0 Å². The molecule has 0 radical (unpaired) electrons. The SMILES string of the molecule is CNC1COCC1C(=O)NC1CCN2CCCCC12. The van der Waals surface area contributed by atoms with Gasteiger partial charge in [0.15, 0.2) is 0 Å². The van der Waals surface area contributed by atoms with Crippen molar-refractivity contribution in [3.05, 3.63) is 0 Å². The number of amides is 1. The van der Waals surface area contributed by atoms with E-state index in [1.165, 1.54) is 25.8 Å². The highest BCUT2D eigenvalue weighted by Crippen LogP contribution is 2.27. The molecule has 4 unspecified atom stereocenters. The molecule has 108 valence electrons. The molecule has 0 aromatic carbocycles. The average molecular weight is 267 g/mol. The number of nitrogens with one attached hydrogen (secondary N) is 2. The minimum Gasteiger partial charge on any atom is -0.379 e. The summed E-state index contributed by atoms with van der Waals surface area (Å²) in [4.78, 5) is 14.9. The van der Waals surface area contributed by atoms with Gasteiger partial charge in [-0.2, -0.15) is 0 Å². The molecule has 5 heteroatoms. The first kappa shape index (κ1) is 13.3. The van der Waals surface area contributed by atoms with Crippen LogP contribution in [-0.4, -0.2) is 62.3 Å². The first-order valence-electron chi connectivity index (χ1n) is 7.59. The summed E-state index contributed by atoms with van der Waals surface area (Å²) in [5.74, 6) is 0.150. The number of piperidine rings is 1. The Morgan fingerprint density at radius 2 is 2.05 bits per heavy atom. The van der Waals surface area contributed by atoms with E-state index in [1.807, 2.05) is 7.05 Å². The normalized spacial score (nSPS) is 39.2. The number of hydrogen-bond donors (Lipinski definition) is 2. The molecule has 3 fully saturated rings. The van der Waals surface area contributed by atoms with Crippen LogP contribution in [0.15, 0.2) is 0 Å². The standard InChI is InChI=1S/C14H25N3O2/c1-15-12-9-19-8-10(12)14(18)16-11-5-7-17-6-3-2-4-13(11)17/h10-13,15H,2-9H2,1H3,(H,16,18). The Bertz CT molecular complexity index is 337. The predicted octanol–water partition coefficient (Wildman–Crippen LogP) is -0.0362. The van der Waals surface area contributed by atoms with E-state index in [1.54, 1.807) is 0 Å². The van der Waals surface area contributed by atoms with Gasteiger partial charge in [0.25, 0.3) is 0 Å². The zero-order valence-electron chi connectivity index (χ0n) is 11.7. The van der Waals surface area contributed by atoms with E-state index in [-0.39, 0.29) is 17.9 Å². The molecule has 5 nitrogen and oxygen atoms in total. The maximum absolute atomic E-state index is 12.4. The van der Waals surface area contributed by atoms with Crippen molar-refractivity contribution in [2.24, 2.45) is 5.92 Å². The first-order chi connectivity index (χ1) is 9.29. The van der Waals surface area contributed by atoms with Crippen LogP contribution >= 0.6 is 0 Å². The molecule has 1 amide bonds. The third-order valence-electron chi connectivity index (χ3n) is 4.97. The molecular formula is C14H25N3O2. The molecule has 3 aliphatic rings. The lowest BCUT2D eigenvalue weighted by Gasteiger charge is -2.33. The van der Waals surface area contributed by atoms with Crippen LogP contribution in [0.3, 0.4) is 0 Å². The van der Waals surface area contributed by atoms with Crippen LogP contribution in [0, 0.1) is 5.92 Å². The van der Waals surface area contributed by atoms with Crippen molar-refractivity contribution in [3.63, 3.8) is 0 Å². The molecule has 3 heterocycles. The van der Waals surface area contributed by atoms with Gasteiger partial charge in [0.1, 0.15) is 0 Å². The van der Waals surface area contributed by atoms with E-state index in [4.69, 9.17) is 4.74 Å². The second-order valence-electron chi connectivity index (χ2n) is 6.04. The van der Waals surface area contributed by atoms with Crippen molar-refractivity contribution >= 4 is 5.91 Å². The Morgan fingerprint density at radius 1 is 1.16 bits per heavy atom. The number of ether oxygens (including phenoxy) is 1. The summed E-state index contributed by atoms with van der Waals surface area (Å²) in [6.45, 7) is 3.56. The van der Waals surface area contributed by atoms with E-state index in [2.05, 4.69) is 15.5 Å². The minimum absolute atomic E-state index is 0.0253. The van der Waals surface area contributed by atoms with Gasteiger partial charge in [0, 0.05) is 24.7 Å². The van der Waals surface area contributed by atoms with Crippen LogP contribution in [0.1, 0.15) is 25.7 Å². The molecule has 0 bridgehead atoms. The fourth-order valence-electron chi connectivity index (χ4n) is 3.80. The first-order valence-corrected chi connectivity index (χ1v) is 7.59. The quantitative estimate of drug-likeness (QED) is 0.754. The van der Waals surface area contributed by atoms with Gasteiger partial charge in [-0.15, -0.1) is 0 Å². The zero-order valence-corrected chi connectivity index (χ0v) is 11.7. The van der Waals surface area contributed by atoms with Crippen molar-refractivity contribution in [1.29, 1.82) is 0 Å². The lowest BCUT2D eigenvalue weighted by Crippen LogP contribution is -2.51. The van der Waals surface area contributed by atoms with Crippen molar-refractivity contribution in [2.45, 2.75) is 43.8 Å². The third kappa shape index (κ3) is 2.64. The molecular weight excluding hydrogens is 242 g/mol. The maximum atomic E-state index is 12.4. The Kier molecular flexibility index (Phi) is 4.05. The van der Waals surface area contributed by atoms with Crippen LogP contribution in [0.25, 0.3) is 0 Å². The maximum Gasteiger partial charge on any atom is 0.227 e. The number of hydrogen-bond acceptors (Lipinski definition) is 4. The predicted molar refractivity (Wildman–Crippen MR) is 72.9 cm³/mol. The van der Waals surface area contributed by atoms with Gasteiger partial charge in [-0.3, -0.25) is 9.69 Å². The summed E-state index contributed by atoms with van der Waals surface area (Å²) >= 11 is 0. The molecule has 4 atom stereocenters. The molecule has 0 aliphatic carbocycles. The lowest BCUT2D eigenvalue weighted by molar-refractivity contribution is -0.126. The number of nitrogens with zero attached hydrogens (tertiary/aromatic N) is 1. The summed E-state index contributed by atoms with van der Waals surface area (Å²) in [5, 5.41) is 6.46. The van der Waals surface area contributed by atoms with Crippen LogP contribution in [0.2, 0.25) is 0 Å². The minimum atomic E-state index is -0.0253. The Balaban J connectivity index is 1.57. The zero-order chi connectivity index (χ0) is 13.2. The van der Waals surface area contributed by atoms with E-state index in [9.17, 15) is 4.79 Å². The van der Waals surface area contributed by atoms with Gasteiger partial charge < -0.3 is 15.4 Å². The molecule has 0 aromatic rings. The van der Waals surface area contributed by atoms with E-state index in [0.717, 1.165) is 13.0 Å². The van der Waals surface area contributed by atoms with Crippen LogP contribution < -0.4 is 10.6 Å². The van der Waals surface area contributed by atoms with Gasteiger partial charge in [-0.25, -0.2) is 0 Å². The van der Waals surface area contributed by atoms with Crippen LogP contribution in [0.4, 0.5) is 0 Å². The van der Waals surface area contributed by atoms with Crippen molar-refractivity contribution in [2.75, 3.05) is 33.4 Å². The van der Waals surface area contributed by atoms with E-state index in [0.29, 0.717) is 25.3 Å². The highest BCUT2D eigenvalue weighted by Gasteiger charge is 2.39. The molecule has 3 saturated heterocycles. The summed E-state index contributed by atoms with van der Waals surface area (Å²) in [7, 11) is 1.90. The van der Waals surface area contributed by atoms with Crippen molar-refractivity contribution < 1.29 is 9.53 Å². The number of carbonyl (C=O) groups excluding carboxylic acids is 1. The second-order valence-corrected chi connectivity index (χ2v) is 6.04. The number of fused-ring (bicyclic) bond motifs is 1. The summed E-state index contributed by atoms with van der Waals surface area (Å²) < 4.78 is 5.42. The van der Waals surface area contributed by atoms with E-state index >= 15 is 0 Å². The van der Waals surface area contributed by atoms with Crippen LogP contribution in [-0.2, 0) is 9.53 Å². The Hall–Kier alpha value is -0.650. The lowest BCUT2D eigenvalue weighted by atomic mass is 9.97. The number of rotatable bonds is 3. The molecule has 0 spiro atoms. The van der Waals surface area contributed by atoms with Gasteiger partial charge >= 0.3 is 0 Å². The average Bonchev–Trinajstić information content (AvgIpc) is 3.05. The monoisotopic (exact) mass is 267 g/mol. The van der Waals surface area contributed by atoms with E-state index < -0.39 is 0 Å². The summed E-state index contributed by atoms with van der Waals surface area (Å²) in [6, 6.07) is 1.10. The largest absolute Gasteiger partial charge is 0.379 e. The number of carbonyl (C=O) groups is 1. The summed E-state index contributed by atoms with van der Waals surface area (Å²) in [5.41, 5.74) is 0. The molecule has 2 N–H and O–H groups in total.